The van der Waals surface area contributed by atoms with Gasteiger partial charge in [0.1, 0.15) is 5.82 Å². The maximum Gasteiger partial charge on any atom is 0.321 e. The van der Waals surface area contributed by atoms with Crippen molar-refractivity contribution in [2.24, 2.45) is 5.73 Å². The number of nitrogens with zero attached hydrogens (tertiary/aromatic N) is 1. The van der Waals surface area contributed by atoms with Crippen LogP contribution in [0.4, 0.5) is 14.9 Å². The van der Waals surface area contributed by atoms with E-state index >= 15 is 0 Å². The number of thiocarbonyl (C=S) groups is 1. The molecule has 1 rings (SSSR count). The van der Waals surface area contributed by atoms with E-state index in [1.165, 1.54) is 24.3 Å². The second-order valence-electron chi connectivity index (χ2n) is 4.13. The van der Waals surface area contributed by atoms with Crippen LogP contribution in [0.5, 0.6) is 0 Å². The monoisotopic (exact) mass is 299 g/mol. The van der Waals surface area contributed by atoms with Gasteiger partial charge in [0.05, 0.1) is 11.6 Å². The van der Waals surface area contributed by atoms with E-state index in [0.717, 1.165) is 0 Å². The van der Waals surface area contributed by atoms with E-state index in [0.29, 0.717) is 36.8 Å². The molecule has 20 heavy (non-hydrogen) atoms. The topological polar surface area (TPSA) is 67.6 Å². The summed E-state index contributed by atoms with van der Waals surface area (Å²) in [7, 11) is 1.56. The Balaban J connectivity index is 2.61. The van der Waals surface area contributed by atoms with Gasteiger partial charge in [-0.25, -0.2) is 9.18 Å². The SMILES string of the molecule is COCCN(CCC(N)=S)C(=O)Nc1ccc(F)cc1. The first-order valence-electron chi connectivity index (χ1n) is 6.11. The summed E-state index contributed by atoms with van der Waals surface area (Å²) in [5.41, 5.74) is 5.96. The fourth-order valence-electron chi connectivity index (χ4n) is 1.50. The normalized spacial score (nSPS) is 10.1. The van der Waals surface area contributed by atoms with Crippen molar-refractivity contribution < 1.29 is 13.9 Å². The molecule has 5 nitrogen and oxygen atoms in total. The van der Waals surface area contributed by atoms with Gasteiger partial charge in [-0.05, 0) is 24.3 Å². The lowest BCUT2D eigenvalue weighted by Gasteiger charge is -2.22. The summed E-state index contributed by atoms with van der Waals surface area (Å²) < 4.78 is 17.8. The zero-order chi connectivity index (χ0) is 15.0. The minimum Gasteiger partial charge on any atom is -0.393 e. The lowest BCUT2D eigenvalue weighted by Crippen LogP contribution is -2.39. The summed E-state index contributed by atoms with van der Waals surface area (Å²) in [6.45, 7) is 1.24. The van der Waals surface area contributed by atoms with Gasteiger partial charge in [0.25, 0.3) is 0 Å². The molecular formula is C13H18FN3O2S. The van der Waals surface area contributed by atoms with Gasteiger partial charge >= 0.3 is 6.03 Å². The van der Waals surface area contributed by atoms with Crippen molar-refractivity contribution >= 4 is 28.9 Å². The van der Waals surface area contributed by atoms with Crippen LogP contribution in [-0.2, 0) is 4.74 Å². The van der Waals surface area contributed by atoms with Crippen LogP contribution in [0.2, 0.25) is 0 Å². The van der Waals surface area contributed by atoms with Gasteiger partial charge in [0.15, 0.2) is 0 Å². The molecule has 0 heterocycles. The van der Waals surface area contributed by atoms with Crippen molar-refractivity contribution in [3.63, 3.8) is 0 Å². The summed E-state index contributed by atoms with van der Waals surface area (Å²) in [6, 6.07) is 5.25. The Bertz CT molecular complexity index is 453. The highest BCUT2D eigenvalue weighted by molar-refractivity contribution is 7.80. The first-order chi connectivity index (χ1) is 9.52. The third-order valence-electron chi connectivity index (χ3n) is 2.58. The molecule has 0 aliphatic rings. The lowest BCUT2D eigenvalue weighted by atomic mass is 10.3. The number of ether oxygens (including phenoxy) is 1. The largest absolute Gasteiger partial charge is 0.393 e. The van der Waals surface area contributed by atoms with Crippen molar-refractivity contribution in [3.05, 3.63) is 30.1 Å². The first kappa shape index (κ1) is 16.3. The fourth-order valence-corrected chi connectivity index (χ4v) is 1.59. The van der Waals surface area contributed by atoms with Gasteiger partial charge in [-0.2, -0.15) is 0 Å². The van der Waals surface area contributed by atoms with Gasteiger partial charge in [-0.3, -0.25) is 0 Å². The summed E-state index contributed by atoms with van der Waals surface area (Å²) in [5.74, 6) is -0.354. The van der Waals surface area contributed by atoms with Crippen LogP contribution in [0.3, 0.4) is 0 Å². The predicted octanol–water partition coefficient (Wildman–Crippen LogP) is 1.98. The number of benzene rings is 1. The number of amides is 2. The molecule has 0 spiro atoms. The molecule has 0 radical (unpaired) electrons. The number of halogens is 1. The number of hydrogen-bond acceptors (Lipinski definition) is 3. The zero-order valence-electron chi connectivity index (χ0n) is 11.3. The molecule has 0 saturated heterocycles. The van der Waals surface area contributed by atoms with Crippen molar-refractivity contribution in [3.8, 4) is 0 Å². The molecule has 0 bridgehead atoms. The van der Waals surface area contributed by atoms with Crippen LogP contribution in [0, 0.1) is 5.82 Å². The quantitative estimate of drug-likeness (QED) is 0.756. The Morgan fingerprint density at radius 2 is 2.05 bits per heavy atom. The Morgan fingerprint density at radius 1 is 1.40 bits per heavy atom. The van der Waals surface area contributed by atoms with Crippen LogP contribution < -0.4 is 11.1 Å². The molecule has 1 aromatic rings. The fraction of sp³-hybridized carbons (Fsp3) is 0.385. The highest BCUT2D eigenvalue weighted by atomic mass is 32.1. The molecule has 0 fully saturated rings. The van der Waals surface area contributed by atoms with Crippen LogP contribution in [0.15, 0.2) is 24.3 Å². The molecule has 0 unspecified atom stereocenters. The summed E-state index contributed by atoms with van der Waals surface area (Å²) in [5, 5.41) is 2.68. The smallest absolute Gasteiger partial charge is 0.321 e. The Kier molecular flexibility index (Phi) is 6.89. The molecule has 0 aliphatic carbocycles. The number of hydrogen-bond donors (Lipinski definition) is 2. The third kappa shape index (κ3) is 5.94. The van der Waals surface area contributed by atoms with Crippen LogP contribution in [0.1, 0.15) is 6.42 Å². The molecule has 0 aromatic heterocycles. The Morgan fingerprint density at radius 3 is 2.60 bits per heavy atom. The summed E-state index contributed by atoms with van der Waals surface area (Å²) in [4.78, 5) is 14.0. The maximum absolute atomic E-state index is 12.8. The third-order valence-corrected chi connectivity index (χ3v) is 2.78. The number of anilines is 1. The van der Waals surface area contributed by atoms with Crippen molar-refractivity contribution in [1.29, 1.82) is 0 Å². The van der Waals surface area contributed by atoms with E-state index in [4.69, 9.17) is 22.7 Å². The van der Waals surface area contributed by atoms with E-state index in [-0.39, 0.29) is 11.8 Å². The standard InChI is InChI=1S/C13H18FN3O2S/c1-19-9-8-17(7-6-12(15)20)13(18)16-11-4-2-10(14)3-5-11/h2-5H,6-9H2,1H3,(H2,15,20)(H,16,18). The molecular weight excluding hydrogens is 281 g/mol. The molecule has 3 N–H and O–H groups in total. The highest BCUT2D eigenvalue weighted by Crippen LogP contribution is 2.09. The minimum absolute atomic E-state index is 0.301. The van der Waals surface area contributed by atoms with Crippen molar-refractivity contribution in [2.75, 3.05) is 32.1 Å². The van der Waals surface area contributed by atoms with Crippen molar-refractivity contribution in [2.45, 2.75) is 6.42 Å². The van der Waals surface area contributed by atoms with Crippen LogP contribution in [0.25, 0.3) is 0 Å². The average Bonchev–Trinajstić information content (AvgIpc) is 2.41. The minimum atomic E-state index is -0.354. The summed E-state index contributed by atoms with van der Waals surface area (Å²) >= 11 is 4.80. The first-order valence-corrected chi connectivity index (χ1v) is 6.52. The maximum atomic E-state index is 12.8. The molecule has 1 aromatic carbocycles. The number of urea groups is 1. The number of nitrogens with two attached hydrogens (primary N) is 1. The highest BCUT2D eigenvalue weighted by Gasteiger charge is 2.13. The number of methoxy groups -OCH3 is 1. The van der Waals surface area contributed by atoms with Gasteiger partial charge < -0.3 is 20.7 Å². The average molecular weight is 299 g/mol. The predicted molar refractivity (Wildman–Crippen MR) is 80.3 cm³/mol. The Hall–Kier alpha value is -1.73. The summed E-state index contributed by atoms with van der Waals surface area (Å²) in [6.07, 6.45) is 0.440. The van der Waals surface area contributed by atoms with Crippen LogP contribution >= 0.6 is 12.2 Å². The van der Waals surface area contributed by atoms with Gasteiger partial charge in [-0.15, -0.1) is 0 Å². The number of nitrogens with one attached hydrogen (secondary N) is 1. The van der Waals surface area contributed by atoms with Crippen LogP contribution in [-0.4, -0.2) is 42.7 Å². The zero-order valence-corrected chi connectivity index (χ0v) is 12.1. The second kappa shape index (κ2) is 8.44. The molecule has 7 heteroatoms. The van der Waals surface area contributed by atoms with Gasteiger partial charge in [-0.1, -0.05) is 12.2 Å². The molecule has 2 amide bonds. The molecule has 110 valence electrons. The van der Waals surface area contributed by atoms with E-state index < -0.39 is 0 Å². The van der Waals surface area contributed by atoms with Crippen molar-refractivity contribution in [1.82, 2.24) is 4.90 Å². The van der Waals surface area contributed by atoms with E-state index in [1.54, 1.807) is 12.0 Å². The van der Waals surface area contributed by atoms with Gasteiger partial charge in [0.2, 0.25) is 0 Å². The Labute approximate surface area is 122 Å². The lowest BCUT2D eigenvalue weighted by molar-refractivity contribution is 0.156. The number of rotatable bonds is 7. The van der Waals surface area contributed by atoms with E-state index in [1.807, 2.05) is 0 Å². The number of carbonyl (C=O) groups is 1. The van der Waals surface area contributed by atoms with E-state index in [9.17, 15) is 9.18 Å². The molecule has 0 atom stereocenters. The molecule has 0 aliphatic heterocycles. The van der Waals surface area contributed by atoms with E-state index in [2.05, 4.69) is 5.32 Å². The number of carbonyl (C=O) groups excluding carboxylic acids is 1. The molecule has 0 saturated carbocycles. The second-order valence-corrected chi connectivity index (χ2v) is 4.66. The van der Waals surface area contributed by atoms with Gasteiger partial charge in [0, 0.05) is 32.3 Å².